The normalized spacial score (nSPS) is 11.1. The lowest BCUT2D eigenvalue weighted by Gasteiger charge is -2.11. The summed E-state index contributed by atoms with van der Waals surface area (Å²) in [5.41, 5.74) is -0.788. The van der Waals surface area contributed by atoms with Crippen molar-refractivity contribution in [2.75, 3.05) is 13.7 Å². The van der Waals surface area contributed by atoms with Crippen molar-refractivity contribution in [1.29, 1.82) is 0 Å². The Bertz CT molecular complexity index is 748. The summed E-state index contributed by atoms with van der Waals surface area (Å²) in [7, 11) is 1.40. The molecule has 0 bridgehead atoms. The second-order valence-electron chi connectivity index (χ2n) is 5.11. The second-order valence-corrected chi connectivity index (χ2v) is 5.11. The quantitative estimate of drug-likeness (QED) is 0.850. The van der Waals surface area contributed by atoms with Gasteiger partial charge in [0.05, 0.1) is 12.7 Å². The summed E-state index contributed by atoms with van der Waals surface area (Å²) in [5, 5.41) is 2.66. The summed E-state index contributed by atoms with van der Waals surface area (Å²) >= 11 is 0. The molecule has 0 aliphatic carbocycles. The van der Waals surface area contributed by atoms with E-state index in [1.54, 1.807) is 0 Å². The van der Waals surface area contributed by atoms with Crippen LogP contribution < -0.4 is 14.8 Å². The Morgan fingerprint density at radius 3 is 2.60 bits per heavy atom. The zero-order valence-corrected chi connectivity index (χ0v) is 13.7. The van der Waals surface area contributed by atoms with Crippen molar-refractivity contribution in [3.05, 3.63) is 47.7 Å². The number of halogens is 3. The minimum absolute atomic E-state index is 0.0414. The molecule has 2 rings (SSSR count). The molecule has 0 spiro atoms. The molecule has 134 valence electrons. The van der Waals surface area contributed by atoms with E-state index in [-0.39, 0.29) is 17.3 Å². The summed E-state index contributed by atoms with van der Waals surface area (Å²) < 4.78 is 48.8. The summed E-state index contributed by atoms with van der Waals surface area (Å²) in [4.78, 5) is 16.1. The Labute approximate surface area is 142 Å². The van der Waals surface area contributed by atoms with Crippen LogP contribution >= 0.6 is 0 Å². The van der Waals surface area contributed by atoms with Gasteiger partial charge in [0.2, 0.25) is 5.88 Å². The van der Waals surface area contributed by atoms with Gasteiger partial charge in [0.1, 0.15) is 17.2 Å². The highest BCUT2D eigenvalue weighted by molar-refractivity contribution is 5.92. The number of alkyl halides is 3. The van der Waals surface area contributed by atoms with E-state index in [4.69, 9.17) is 9.47 Å². The number of hydrogen-bond acceptors (Lipinski definition) is 4. The van der Waals surface area contributed by atoms with Crippen molar-refractivity contribution in [3.8, 4) is 17.4 Å². The third-order valence-corrected chi connectivity index (χ3v) is 3.16. The van der Waals surface area contributed by atoms with Gasteiger partial charge in [0.25, 0.3) is 5.91 Å². The van der Waals surface area contributed by atoms with E-state index in [2.05, 4.69) is 10.3 Å². The van der Waals surface area contributed by atoms with Gasteiger partial charge in [-0.3, -0.25) is 4.79 Å². The molecule has 1 aromatic carbocycles. The van der Waals surface area contributed by atoms with Gasteiger partial charge in [-0.1, -0.05) is 13.0 Å². The first-order valence-corrected chi connectivity index (χ1v) is 7.53. The SMILES string of the molecule is CCCNC(=O)c1cc(OC)cc(Oc2cccc(C(F)(F)F)c2)n1. The van der Waals surface area contributed by atoms with Crippen LogP contribution in [0.5, 0.6) is 17.4 Å². The third-order valence-electron chi connectivity index (χ3n) is 3.16. The van der Waals surface area contributed by atoms with Crippen molar-refractivity contribution in [2.24, 2.45) is 0 Å². The van der Waals surface area contributed by atoms with E-state index in [0.29, 0.717) is 12.3 Å². The Hall–Kier alpha value is -2.77. The predicted octanol–water partition coefficient (Wildman–Crippen LogP) is 4.04. The molecule has 0 fully saturated rings. The number of pyridine rings is 1. The Balaban J connectivity index is 2.28. The van der Waals surface area contributed by atoms with Gasteiger partial charge >= 0.3 is 6.18 Å². The third kappa shape index (κ3) is 5.10. The first-order chi connectivity index (χ1) is 11.8. The van der Waals surface area contributed by atoms with Gasteiger partial charge in [0, 0.05) is 18.7 Å². The number of aromatic nitrogens is 1. The molecule has 8 heteroatoms. The fourth-order valence-electron chi connectivity index (χ4n) is 1.95. The molecular weight excluding hydrogens is 337 g/mol. The van der Waals surface area contributed by atoms with Gasteiger partial charge in [0.15, 0.2) is 0 Å². The maximum atomic E-state index is 12.8. The minimum Gasteiger partial charge on any atom is -0.496 e. The standard InChI is InChI=1S/C17H17F3N2O3/c1-3-7-21-16(23)14-9-13(24-2)10-15(22-14)25-12-6-4-5-11(8-12)17(18,19)20/h4-6,8-10H,3,7H2,1-2H3,(H,21,23). The largest absolute Gasteiger partial charge is 0.496 e. The molecule has 1 aromatic heterocycles. The molecule has 0 saturated heterocycles. The van der Waals surface area contributed by atoms with Crippen molar-refractivity contribution in [2.45, 2.75) is 19.5 Å². The van der Waals surface area contributed by atoms with Crippen LogP contribution in [-0.4, -0.2) is 24.5 Å². The molecule has 0 saturated carbocycles. The van der Waals surface area contributed by atoms with Gasteiger partial charge in [-0.25, -0.2) is 4.98 Å². The molecule has 1 amide bonds. The number of methoxy groups -OCH3 is 1. The van der Waals surface area contributed by atoms with Gasteiger partial charge < -0.3 is 14.8 Å². The average Bonchev–Trinajstić information content (AvgIpc) is 2.58. The number of carbonyl (C=O) groups excluding carboxylic acids is 1. The number of amides is 1. The zero-order chi connectivity index (χ0) is 18.4. The molecule has 0 atom stereocenters. The van der Waals surface area contributed by atoms with Crippen LogP contribution in [-0.2, 0) is 6.18 Å². The number of nitrogens with one attached hydrogen (secondary N) is 1. The fraction of sp³-hybridized carbons (Fsp3) is 0.294. The van der Waals surface area contributed by atoms with E-state index in [0.717, 1.165) is 18.6 Å². The van der Waals surface area contributed by atoms with Crippen molar-refractivity contribution < 1.29 is 27.4 Å². The first kappa shape index (κ1) is 18.6. The molecule has 5 nitrogen and oxygen atoms in total. The zero-order valence-electron chi connectivity index (χ0n) is 13.7. The Kier molecular flexibility index (Phi) is 5.84. The maximum absolute atomic E-state index is 12.8. The average molecular weight is 354 g/mol. The van der Waals surface area contributed by atoms with Crippen LogP contribution in [0.2, 0.25) is 0 Å². The molecule has 0 aliphatic rings. The molecule has 0 aliphatic heterocycles. The highest BCUT2D eigenvalue weighted by Crippen LogP contribution is 2.33. The van der Waals surface area contributed by atoms with E-state index < -0.39 is 17.6 Å². The summed E-state index contributed by atoms with van der Waals surface area (Å²) in [5.74, 6) is -0.205. The van der Waals surface area contributed by atoms with Gasteiger partial charge in [-0.15, -0.1) is 0 Å². The Morgan fingerprint density at radius 2 is 1.96 bits per heavy atom. The number of ether oxygens (including phenoxy) is 2. The minimum atomic E-state index is -4.48. The smallest absolute Gasteiger partial charge is 0.416 e. The van der Waals surface area contributed by atoms with Crippen molar-refractivity contribution in [3.63, 3.8) is 0 Å². The molecule has 2 aromatic rings. The molecule has 0 radical (unpaired) electrons. The van der Waals surface area contributed by atoms with Crippen LogP contribution in [0.1, 0.15) is 29.4 Å². The number of hydrogen-bond donors (Lipinski definition) is 1. The lowest BCUT2D eigenvalue weighted by molar-refractivity contribution is -0.137. The van der Waals surface area contributed by atoms with Crippen LogP contribution in [0.3, 0.4) is 0 Å². The van der Waals surface area contributed by atoms with E-state index >= 15 is 0 Å². The Morgan fingerprint density at radius 1 is 1.20 bits per heavy atom. The lowest BCUT2D eigenvalue weighted by atomic mass is 10.2. The molecule has 0 unspecified atom stereocenters. The highest BCUT2D eigenvalue weighted by Gasteiger charge is 2.30. The van der Waals surface area contributed by atoms with Gasteiger partial charge in [-0.2, -0.15) is 13.2 Å². The summed E-state index contributed by atoms with van der Waals surface area (Å²) in [6.45, 7) is 2.38. The summed E-state index contributed by atoms with van der Waals surface area (Å²) in [6.07, 6.45) is -3.73. The van der Waals surface area contributed by atoms with Crippen molar-refractivity contribution >= 4 is 5.91 Å². The van der Waals surface area contributed by atoms with E-state index in [9.17, 15) is 18.0 Å². The molecular formula is C17H17F3N2O3. The van der Waals surface area contributed by atoms with E-state index in [1.807, 2.05) is 6.92 Å². The summed E-state index contributed by atoms with van der Waals surface area (Å²) in [6, 6.07) is 7.20. The number of carbonyl (C=O) groups is 1. The monoisotopic (exact) mass is 354 g/mol. The highest BCUT2D eigenvalue weighted by atomic mass is 19.4. The number of rotatable bonds is 6. The fourth-order valence-corrected chi connectivity index (χ4v) is 1.95. The molecule has 1 heterocycles. The topological polar surface area (TPSA) is 60.5 Å². The number of benzene rings is 1. The first-order valence-electron chi connectivity index (χ1n) is 7.53. The lowest BCUT2D eigenvalue weighted by Crippen LogP contribution is -2.25. The van der Waals surface area contributed by atoms with Crippen LogP contribution in [0.25, 0.3) is 0 Å². The molecule has 1 N–H and O–H groups in total. The second kappa shape index (κ2) is 7.87. The van der Waals surface area contributed by atoms with Crippen LogP contribution in [0, 0.1) is 0 Å². The molecule has 25 heavy (non-hydrogen) atoms. The van der Waals surface area contributed by atoms with Crippen molar-refractivity contribution in [1.82, 2.24) is 10.3 Å². The van der Waals surface area contributed by atoms with E-state index in [1.165, 1.54) is 31.4 Å². The predicted molar refractivity (Wildman–Crippen MR) is 84.9 cm³/mol. The number of nitrogens with zero attached hydrogens (tertiary/aromatic N) is 1. The van der Waals surface area contributed by atoms with Gasteiger partial charge in [-0.05, 0) is 24.6 Å². The van der Waals surface area contributed by atoms with Crippen LogP contribution in [0.15, 0.2) is 36.4 Å². The maximum Gasteiger partial charge on any atom is 0.416 e. The van der Waals surface area contributed by atoms with Crippen LogP contribution in [0.4, 0.5) is 13.2 Å².